The summed E-state index contributed by atoms with van der Waals surface area (Å²) in [5, 5.41) is 19.5. The third-order valence-corrected chi connectivity index (χ3v) is 7.13. The number of para-hydroxylation sites is 1. The SMILES string of the molecule is CC(=O)N1CC[C@@H](n2cc(-c3cc(Sc4ccccc4N)c4c(N)cnn4c3)cn2)[C@H](O)C1. The standard InChI is InChI=1S/C23H25N7O2S/c1-14(31)28-7-6-19(20(32)13-28)29-12-16(9-26-29)15-8-22(23-18(25)10-27-30(23)11-15)33-21-5-3-2-4-17(21)24/h2-5,8-12,19-20,32H,6-7,13,24-25H2,1H3/t19-,20-/m1/s1. The second-order valence-electron chi connectivity index (χ2n) is 8.22. The highest BCUT2D eigenvalue weighted by atomic mass is 32.2. The number of nitrogen functional groups attached to an aromatic ring is 2. The number of benzene rings is 1. The van der Waals surface area contributed by atoms with Crippen LogP contribution in [-0.2, 0) is 4.79 Å². The maximum absolute atomic E-state index is 11.6. The fourth-order valence-corrected chi connectivity index (χ4v) is 5.28. The minimum Gasteiger partial charge on any atom is -0.398 e. The summed E-state index contributed by atoms with van der Waals surface area (Å²) in [7, 11) is 0. The number of anilines is 2. The lowest BCUT2D eigenvalue weighted by Gasteiger charge is -2.35. The van der Waals surface area contributed by atoms with Crippen molar-refractivity contribution in [3.8, 4) is 11.1 Å². The number of hydrogen-bond donors (Lipinski definition) is 3. The Morgan fingerprint density at radius 3 is 2.67 bits per heavy atom. The van der Waals surface area contributed by atoms with E-state index < -0.39 is 6.10 Å². The Balaban J connectivity index is 1.48. The number of amides is 1. The molecule has 5 N–H and O–H groups in total. The maximum Gasteiger partial charge on any atom is 0.219 e. The van der Waals surface area contributed by atoms with E-state index in [0.29, 0.717) is 30.9 Å². The van der Waals surface area contributed by atoms with Gasteiger partial charge in [-0.15, -0.1) is 0 Å². The highest BCUT2D eigenvalue weighted by molar-refractivity contribution is 7.99. The Bertz CT molecular complexity index is 1330. The number of β-amino-alcohol motifs (C(OH)–C–C–N with tert-alkyl or cyclic N) is 1. The number of rotatable bonds is 4. The van der Waals surface area contributed by atoms with Crippen LogP contribution < -0.4 is 11.5 Å². The lowest BCUT2D eigenvalue weighted by molar-refractivity contribution is -0.133. The van der Waals surface area contributed by atoms with Crippen LogP contribution in [0.5, 0.6) is 0 Å². The van der Waals surface area contributed by atoms with Crippen LogP contribution in [0.1, 0.15) is 19.4 Å². The molecule has 170 valence electrons. The number of pyridine rings is 1. The van der Waals surface area contributed by atoms with E-state index in [4.69, 9.17) is 11.5 Å². The zero-order valence-corrected chi connectivity index (χ0v) is 18.9. The highest BCUT2D eigenvalue weighted by Crippen LogP contribution is 2.38. The Kier molecular flexibility index (Phi) is 5.47. The number of aromatic nitrogens is 4. The molecule has 9 nitrogen and oxygen atoms in total. The smallest absolute Gasteiger partial charge is 0.219 e. The fraction of sp³-hybridized carbons (Fsp3) is 0.261. The first-order valence-corrected chi connectivity index (χ1v) is 11.5. The molecule has 0 saturated carbocycles. The molecule has 1 saturated heterocycles. The average Bonchev–Trinajstić information content (AvgIpc) is 3.42. The van der Waals surface area contributed by atoms with Gasteiger partial charge >= 0.3 is 0 Å². The van der Waals surface area contributed by atoms with Gasteiger partial charge in [0.05, 0.1) is 30.2 Å². The van der Waals surface area contributed by atoms with E-state index in [1.807, 2.05) is 36.7 Å². The van der Waals surface area contributed by atoms with Gasteiger partial charge in [-0.3, -0.25) is 9.48 Å². The van der Waals surface area contributed by atoms with Crippen molar-refractivity contribution >= 4 is 34.6 Å². The molecule has 0 spiro atoms. The van der Waals surface area contributed by atoms with E-state index in [-0.39, 0.29) is 11.9 Å². The average molecular weight is 464 g/mol. The molecular formula is C23H25N7O2S. The van der Waals surface area contributed by atoms with Crippen molar-refractivity contribution in [2.75, 3.05) is 24.6 Å². The van der Waals surface area contributed by atoms with Crippen molar-refractivity contribution in [2.45, 2.75) is 35.3 Å². The number of carbonyl (C=O) groups excluding carboxylic acids is 1. The summed E-state index contributed by atoms with van der Waals surface area (Å²) in [6.07, 6.45) is 7.24. The minimum absolute atomic E-state index is 0.0236. The van der Waals surface area contributed by atoms with E-state index >= 15 is 0 Å². The zero-order chi connectivity index (χ0) is 23.1. The second kappa shape index (κ2) is 8.45. The lowest BCUT2D eigenvalue weighted by Crippen LogP contribution is -2.46. The number of carbonyl (C=O) groups is 1. The lowest BCUT2D eigenvalue weighted by atomic mass is 10.0. The summed E-state index contributed by atoms with van der Waals surface area (Å²) < 4.78 is 3.56. The number of hydrogen-bond acceptors (Lipinski definition) is 7. The van der Waals surface area contributed by atoms with Crippen LogP contribution in [0.25, 0.3) is 16.6 Å². The van der Waals surface area contributed by atoms with E-state index in [1.54, 1.807) is 26.5 Å². The summed E-state index contributed by atoms with van der Waals surface area (Å²) in [6, 6.07) is 9.57. The molecule has 5 rings (SSSR count). The molecule has 3 aromatic heterocycles. The predicted octanol–water partition coefficient (Wildman–Crippen LogP) is 2.67. The number of aliphatic hydroxyl groups excluding tert-OH is 1. The van der Waals surface area contributed by atoms with Crippen molar-refractivity contribution in [1.29, 1.82) is 0 Å². The third-order valence-electron chi connectivity index (χ3n) is 6.01. The van der Waals surface area contributed by atoms with E-state index in [1.165, 1.54) is 18.7 Å². The monoisotopic (exact) mass is 463 g/mol. The van der Waals surface area contributed by atoms with Crippen LogP contribution in [0.2, 0.25) is 0 Å². The number of likely N-dealkylation sites (tertiary alicyclic amines) is 1. The van der Waals surface area contributed by atoms with Gasteiger partial charge in [-0.1, -0.05) is 23.9 Å². The fourth-order valence-electron chi connectivity index (χ4n) is 4.22. The molecule has 0 unspecified atom stereocenters. The number of nitrogens with two attached hydrogens (primary N) is 2. The van der Waals surface area contributed by atoms with Crippen molar-refractivity contribution < 1.29 is 9.90 Å². The molecule has 0 bridgehead atoms. The summed E-state index contributed by atoms with van der Waals surface area (Å²) in [6.45, 7) is 2.44. The molecule has 4 heterocycles. The number of fused-ring (bicyclic) bond motifs is 1. The third kappa shape index (κ3) is 4.03. The van der Waals surface area contributed by atoms with Gasteiger partial charge in [0.25, 0.3) is 0 Å². The first-order valence-electron chi connectivity index (χ1n) is 10.7. The van der Waals surface area contributed by atoms with Crippen LogP contribution >= 0.6 is 11.8 Å². The van der Waals surface area contributed by atoms with Gasteiger partial charge in [0.15, 0.2) is 0 Å². The molecular weight excluding hydrogens is 438 g/mol. The summed E-state index contributed by atoms with van der Waals surface area (Å²) in [5.74, 6) is -0.0236. The summed E-state index contributed by atoms with van der Waals surface area (Å²) >= 11 is 1.54. The molecule has 2 atom stereocenters. The van der Waals surface area contributed by atoms with Gasteiger partial charge in [-0.05, 0) is 24.6 Å². The molecule has 1 aromatic carbocycles. The van der Waals surface area contributed by atoms with Gasteiger partial charge in [0.2, 0.25) is 5.91 Å². The largest absolute Gasteiger partial charge is 0.398 e. The van der Waals surface area contributed by atoms with Gasteiger partial charge in [-0.2, -0.15) is 10.2 Å². The van der Waals surface area contributed by atoms with Crippen molar-refractivity contribution in [3.63, 3.8) is 0 Å². The predicted molar refractivity (Wildman–Crippen MR) is 128 cm³/mol. The number of piperidine rings is 1. The molecule has 10 heteroatoms. The summed E-state index contributed by atoms with van der Waals surface area (Å²) in [5.41, 5.74) is 16.3. The quantitative estimate of drug-likeness (QED) is 0.397. The van der Waals surface area contributed by atoms with Crippen molar-refractivity contribution in [1.82, 2.24) is 24.3 Å². The van der Waals surface area contributed by atoms with Gasteiger partial charge in [0, 0.05) is 59.0 Å². The summed E-state index contributed by atoms with van der Waals surface area (Å²) in [4.78, 5) is 15.2. The van der Waals surface area contributed by atoms with Crippen LogP contribution in [0.15, 0.2) is 64.9 Å². The Morgan fingerprint density at radius 2 is 1.91 bits per heavy atom. The Hall–Kier alpha value is -3.50. The van der Waals surface area contributed by atoms with Gasteiger partial charge in [-0.25, -0.2) is 4.52 Å². The van der Waals surface area contributed by atoms with E-state index in [0.717, 1.165) is 26.4 Å². The van der Waals surface area contributed by atoms with Crippen LogP contribution in [0, 0.1) is 0 Å². The Morgan fingerprint density at radius 1 is 1.09 bits per heavy atom. The molecule has 0 aliphatic carbocycles. The molecule has 33 heavy (non-hydrogen) atoms. The van der Waals surface area contributed by atoms with E-state index in [9.17, 15) is 9.90 Å². The Labute approximate surface area is 195 Å². The molecule has 1 amide bonds. The van der Waals surface area contributed by atoms with Gasteiger partial charge < -0.3 is 21.5 Å². The van der Waals surface area contributed by atoms with E-state index in [2.05, 4.69) is 16.3 Å². The molecule has 1 aliphatic heterocycles. The second-order valence-corrected chi connectivity index (χ2v) is 9.31. The van der Waals surface area contributed by atoms with Gasteiger partial charge in [0.1, 0.15) is 5.52 Å². The molecule has 1 aliphatic rings. The van der Waals surface area contributed by atoms with Crippen molar-refractivity contribution in [3.05, 3.63) is 55.1 Å². The number of nitrogens with zero attached hydrogens (tertiary/aromatic N) is 5. The van der Waals surface area contributed by atoms with Crippen LogP contribution in [0.4, 0.5) is 11.4 Å². The first-order chi connectivity index (χ1) is 15.9. The zero-order valence-electron chi connectivity index (χ0n) is 18.1. The number of aliphatic hydroxyl groups is 1. The maximum atomic E-state index is 11.6. The molecule has 0 radical (unpaired) electrons. The first kappa shape index (κ1) is 21.4. The minimum atomic E-state index is -0.670. The molecule has 4 aromatic rings. The normalized spacial score (nSPS) is 18.7. The highest BCUT2D eigenvalue weighted by Gasteiger charge is 2.30. The van der Waals surface area contributed by atoms with Crippen molar-refractivity contribution in [2.24, 2.45) is 0 Å². The topological polar surface area (TPSA) is 128 Å². The molecule has 1 fully saturated rings. The van der Waals surface area contributed by atoms with Crippen LogP contribution in [-0.4, -0.2) is 54.5 Å². The van der Waals surface area contributed by atoms with Crippen LogP contribution in [0.3, 0.4) is 0 Å².